The van der Waals surface area contributed by atoms with E-state index in [0.29, 0.717) is 18.6 Å². The van der Waals surface area contributed by atoms with Crippen LogP contribution in [0.2, 0.25) is 0 Å². The molecule has 1 atom stereocenters. The second-order valence-corrected chi connectivity index (χ2v) is 5.62. The number of benzene rings is 1. The summed E-state index contributed by atoms with van der Waals surface area (Å²) in [7, 11) is 1.63. The molecule has 2 N–H and O–H groups in total. The highest BCUT2D eigenvalue weighted by Crippen LogP contribution is 2.47. The van der Waals surface area contributed by atoms with Gasteiger partial charge in [-0.05, 0) is 48.9 Å². The van der Waals surface area contributed by atoms with Crippen molar-refractivity contribution in [1.82, 2.24) is 5.32 Å². The number of aliphatic hydroxyl groups is 1. The third-order valence-electron chi connectivity index (χ3n) is 4.09. The van der Waals surface area contributed by atoms with Gasteiger partial charge in [-0.1, -0.05) is 6.92 Å². The van der Waals surface area contributed by atoms with Gasteiger partial charge >= 0.3 is 0 Å². The normalized spacial score (nSPS) is 17.6. The molecule has 1 unspecified atom stereocenters. The first-order chi connectivity index (χ1) is 9.67. The first kappa shape index (κ1) is 15.1. The first-order valence-corrected chi connectivity index (χ1v) is 7.33. The molecule has 4 heteroatoms. The molecule has 0 radical (unpaired) electrons. The van der Waals surface area contributed by atoms with E-state index in [2.05, 4.69) is 12.2 Å². The fraction of sp³-hybridized carbons (Fsp3) is 0.625. The number of ether oxygens (including phenoxy) is 2. The summed E-state index contributed by atoms with van der Waals surface area (Å²) in [5.74, 6) is 1.55. The summed E-state index contributed by atoms with van der Waals surface area (Å²) in [4.78, 5) is 0. The van der Waals surface area contributed by atoms with Crippen LogP contribution in [0, 0.1) is 5.41 Å². The first-order valence-electron chi connectivity index (χ1n) is 7.33. The van der Waals surface area contributed by atoms with E-state index in [1.54, 1.807) is 7.11 Å². The lowest BCUT2D eigenvalue weighted by atomic mass is 10.0. The number of hydrogen-bond acceptors (Lipinski definition) is 4. The van der Waals surface area contributed by atoms with Gasteiger partial charge in [0, 0.05) is 13.1 Å². The molecule has 0 aromatic heterocycles. The largest absolute Gasteiger partial charge is 0.497 e. The topological polar surface area (TPSA) is 50.7 Å². The van der Waals surface area contributed by atoms with Crippen LogP contribution in [0.3, 0.4) is 0 Å². The number of hydrogen-bond donors (Lipinski definition) is 2. The van der Waals surface area contributed by atoms with Crippen molar-refractivity contribution < 1.29 is 14.6 Å². The van der Waals surface area contributed by atoms with Gasteiger partial charge in [-0.15, -0.1) is 0 Å². The van der Waals surface area contributed by atoms with E-state index in [4.69, 9.17) is 9.47 Å². The van der Waals surface area contributed by atoms with E-state index in [1.807, 2.05) is 24.3 Å². The van der Waals surface area contributed by atoms with Crippen LogP contribution in [0.1, 0.15) is 26.2 Å². The minimum atomic E-state index is -0.482. The molecule has 1 aliphatic rings. The second kappa shape index (κ2) is 6.95. The van der Waals surface area contributed by atoms with Crippen molar-refractivity contribution >= 4 is 0 Å². The summed E-state index contributed by atoms with van der Waals surface area (Å²) in [6.07, 6.45) is 3.37. The summed E-state index contributed by atoms with van der Waals surface area (Å²) < 4.78 is 10.6. The number of aliphatic hydroxyl groups excluding tert-OH is 1. The minimum absolute atomic E-state index is 0.304. The van der Waals surface area contributed by atoms with Crippen molar-refractivity contribution in [2.75, 3.05) is 26.8 Å². The Labute approximate surface area is 121 Å². The van der Waals surface area contributed by atoms with E-state index >= 15 is 0 Å². The van der Waals surface area contributed by atoms with E-state index in [0.717, 1.165) is 18.0 Å². The third kappa shape index (κ3) is 4.39. The molecule has 0 amide bonds. The summed E-state index contributed by atoms with van der Waals surface area (Å²) >= 11 is 0. The van der Waals surface area contributed by atoms with Gasteiger partial charge in [0.05, 0.1) is 7.11 Å². The highest BCUT2D eigenvalue weighted by molar-refractivity contribution is 5.31. The van der Waals surface area contributed by atoms with Crippen molar-refractivity contribution in [3.05, 3.63) is 24.3 Å². The van der Waals surface area contributed by atoms with Crippen LogP contribution in [0.15, 0.2) is 24.3 Å². The van der Waals surface area contributed by atoms with Crippen molar-refractivity contribution in [1.29, 1.82) is 0 Å². The van der Waals surface area contributed by atoms with Gasteiger partial charge < -0.3 is 19.9 Å². The Hall–Kier alpha value is -1.26. The number of nitrogens with one attached hydrogen (secondary N) is 1. The predicted molar refractivity (Wildman–Crippen MR) is 79.3 cm³/mol. The fourth-order valence-electron chi connectivity index (χ4n) is 2.26. The lowest BCUT2D eigenvalue weighted by molar-refractivity contribution is 0.105. The fourth-order valence-corrected chi connectivity index (χ4v) is 2.26. The molecule has 1 aromatic rings. The molecule has 4 nitrogen and oxygen atoms in total. The van der Waals surface area contributed by atoms with Gasteiger partial charge in [0.2, 0.25) is 0 Å². The van der Waals surface area contributed by atoms with E-state index < -0.39 is 6.10 Å². The predicted octanol–water partition coefficient (Wildman–Crippen LogP) is 2.21. The van der Waals surface area contributed by atoms with Crippen LogP contribution in [-0.4, -0.2) is 38.0 Å². The van der Waals surface area contributed by atoms with Crippen LogP contribution in [0.5, 0.6) is 11.5 Å². The van der Waals surface area contributed by atoms with Gasteiger partial charge in [0.1, 0.15) is 24.2 Å². The van der Waals surface area contributed by atoms with Gasteiger partial charge in [0.15, 0.2) is 0 Å². The highest BCUT2D eigenvalue weighted by Gasteiger charge is 2.39. The molecule has 0 heterocycles. The Kier molecular flexibility index (Phi) is 5.26. The zero-order valence-corrected chi connectivity index (χ0v) is 12.4. The molecular formula is C16H25NO3. The van der Waals surface area contributed by atoms with E-state index in [-0.39, 0.29) is 0 Å². The molecule has 0 spiro atoms. The Morgan fingerprint density at radius 1 is 1.25 bits per heavy atom. The Morgan fingerprint density at radius 2 is 1.90 bits per heavy atom. The molecule has 2 rings (SSSR count). The summed E-state index contributed by atoms with van der Waals surface area (Å²) in [5.41, 5.74) is 0.510. The van der Waals surface area contributed by atoms with Crippen molar-refractivity contribution in [3.63, 3.8) is 0 Å². The highest BCUT2D eigenvalue weighted by atomic mass is 16.5. The average Bonchev–Trinajstić information content (AvgIpc) is 3.26. The monoisotopic (exact) mass is 279 g/mol. The lowest BCUT2D eigenvalue weighted by Crippen LogP contribution is -2.34. The molecule has 112 valence electrons. The zero-order valence-electron chi connectivity index (χ0n) is 12.4. The molecule has 1 aliphatic carbocycles. The quantitative estimate of drug-likeness (QED) is 0.728. The van der Waals surface area contributed by atoms with Crippen LogP contribution in [0.4, 0.5) is 0 Å². The van der Waals surface area contributed by atoms with Crippen LogP contribution >= 0.6 is 0 Å². The van der Waals surface area contributed by atoms with Crippen molar-refractivity contribution in [2.24, 2.45) is 5.41 Å². The molecular weight excluding hydrogens is 254 g/mol. The van der Waals surface area contributed by atoms with Gasteiger partial charge in [-0.25, -0.2) is 0 Å². The summed E-state index contributed by atoms with van der Waals surface area (Å²) in [6, 6.07) is 7.38. The van der Waals surface area contributed by atoms with Crippen molar-refractivity contribution in [3.8, 4) is 11.5 Å². The molecule has 0 bridgehead atoms. The molecule has 0 aliphatic heterocycles. The van der Waals surface area contributed by atoms with Crippen LogP contribution in [0.25, 0.3) is 0 Å². The van der Waals surface area contributed by atoms with Crippen LogP contribution in [-0.2, 0) is 0 Å². The van der Waals surface area contributed by atoms with Crippen molar-refractivity contribution in [2.45, 2.75) is 32.3 Å². The Bertz CT molecular complexity index is 401. The summed E-state index contributed by atoms with van der Waals surface area (Å²) in [6.45, 7) is 4.12. The molecule has 20 heavy (non-hydrogen) atoms. The second-order valence-electron chi connectivity index (χ2n) is 5.62. The Morgan fingerprint density at radius 3 is 2.45 bits per heavy atom. The standard InChI is InChI=1S/C16H25NO3/c1-3-16(8-9-16)12-17-10-13(18)11-20-15-6-4-14(19-2)5-7-15/h4-7,13,17-18H,3,8-12H2,1-2H3. The lowest BCUT2D eigenvalue weighted by Gasteiger charge is -2.17. The molecule has 1 fully saturated rings. The third-order valence-corrected chi connectivity index (χ3v) is 4.09. The van der Waals surface area contributed by atoms with Crippen LogP contribution < -0.4 is 14.8 Å². The zero-order chi connectivity index (χ0) is 14.4. The molecule has 1 aromatic carbocycles. The minimum Gasteiger partial charge on any atom is -0.497 e. The molecule has 1 saturated carbocycles. The maximum Gasteiger partial charge on any atom is 0.119 e. The van der Waals surface area contributed by atoms with E-state index in [9.17, 15) is 5.11 Å². The SMILES string of the molecule is CCC1(CNCC(O)COc2ccc(OC)cc2)CC1. The van der Waals surface area contributed by atoms with Gasteiger partial charge in [-0.2, -0.15) is 0 Å². The van der Waals surface area contributed by atoms with E-state index in [1.165, 1.54) is 19.3 Å². The Balaban J connectivity index is 1.62. The maximum absolute atomic E-state index is 9.89. The number of methoxy groups -OCH3 is 1. The number of rotatable bonds is 9. The maximum atomic E-state index is 9.89. The van der Waals surface area contributed by atoms with Gasteiger partial charge in [0.25, 0.3) is 0 Å². The van der Waals surface area contributed by atoms with Gasteiger partial charge in [-0.3, -0.25) is 0 Å². The molecule has 0 saturated heterocycles. The summed E-state index contributed by atoms with van der Waals surface area (Å²) in [5, 5.41) is 13.2. The smallest absolute Gasteiger partial charge is 0.119 e. The average molecular weight is 279 g/mol.